The molecule has 0 aliphatic heterocycles. The van der Waals surface area contributed by atoms with Gasteiger partial charge >= 0.3 is 17.9 Å². The van der Waals surface area contributed by atoms with Crippen molar-refractivity contribution in [3.8, 4) is 0 Å². The van der Waals surface area contributed by atoms with E-state index in [2.05, 4.69) is 106 Å². The van der Waals surface area contributed by atoms with Gasteiger partial charge in [0.15, 0.2) is 6.10 Å². The third-order valence-corrected chi connectivity index (χ3v) is 14.1. The van der Waals surface area contributed by atoms with Gasteiger partial charge in [0.25, 0.3) is 0 Å². The predicted molar refractivity (Wildman–Crippen MR) is 330 cm³/mol. The van der Waals surface area contributed by atoms with Gasteiger partial charge in [-0.15, -0.1) is 0 Å². The molecule has 1 atom stereocenters. The van der Waals surface area contributed by atoms with E-state index < -0.39 is 6.10 Å². The molecule has 0 amide bonds. The average molecular weight is 1060 g/mol. The van der Waals surface area contributed by atoms with Crippen LogP contribution in [0.1, 0.15) is 323 Å². The normalized spacial score (nSPS) is 12.6. The highest BCUT2D eigenvalue weighted by molar-refractivity contribution is 5.71. The standard InChI is InChI=1S/C70H122O6/c1-4-7-10-13-16-19-22-24-26-28-30-32-34-36-37-39-41-43-45-48-51-54-57-60-63-69(72)75-66-67(65-74-68(71)62-59-56-53-50-47-21-18-15-12-9-6-3)76-70(73)64-61-58-55-52-49-46-44-42-40-38-35-33-31-29-27-25-23-20-17-14-11-8-5-2/h8,11,15,17-18,20,25,27,31,33,38,40,44,46,67H,4-7,9-10,12-14,16,19,21-24,26,28-30,32,34-37,39,41-43,45,47-66H2,1-3H3/b11-8-,18-15-,20-17-,27-25-,33-31-,40-38-,46-44-. The van der Waals surface area contributed by atoms with Crippen LogP contribution in [0.5, 0.6) is 0 Å². The van der Waals surface area contributed by atoms with Crippen molar-refractivity contribution in [2.24, 2.45) is 0 Å². The molecule has 6 heteroatoms. The van der Waals surface area contributed by atoms with Gasteiger partial charge in [-0.2, -0.15) is 0 Å². The monoisotopic (exact) mass is 1060 g/mol. The molecule has 0 radical (unpaired) electrons. The second-order valence-electron chi connectivity index (χ2n) is 21.6. The maximum atomic E-state index is 12.9. The molecule has 0 aromatic heterocycles. The SMILES string of the molecule is CC/C=C\C/C=C\C/C=C\C/C=C\C/C=C\C/C=C\CCCCCCC(=O)OC(COC(=O)CCCCCCC/C=C\CCCC)COC(=O)CCCCCCCCCCCCCCCCCCCCCCCCCC. The lowest BCUT2D eigenvalue weighted by atomic mass is 10.0. The van der Waals surface area contributed by atoms with Gasteiger partial charge in [-0.3, -0.25) is 14.4 Å². The van der Waals surface area contributed by atoms with Crippen LogP contribution < -0.4 is 0 Å². The lowest BCUT2D eigenvalue weighted by molar-refractivity contribution is -0.167. The van der Waals surface area contributed by atoms with Crippen LogP contribution in [0.4, 0.5) is 0 Å². The fourth-order valence-electron chi connectivity index (χ4n) is 9.25. The minimum absolute atomic E-state index is 0.0872. The van der Waals surface area contributed by atoms with E-state index in [1.807, 2.05) is 0 Å². The van der Waals surface area contributed by atoms with E-state index in [0.717, 1.165) is 116 Å². The van der Waals surface area contributed by atoms with Crippen molar-refractivity contribution >= 4 is 17.9 Å². The highest BCUT2D eigenvalue weighted by Crippen LogP contribution is 2.17. The van der Waals surface area contributed by atoms with E-state index in [-0.39, 0.29) is 31.1 Å². The number of rotatable bonds is 59. The smallest absolute Gasteiger partial charge is 0.306 e. The summed E-state index contributed by atoms with van der Waals surface area (Å²) >= 11 is 0. The number of esters is 3. The molecular weight excluding hydrogens is 937 g/mol. The van der Waals surface area contributed by atoms with Crippen LogP contribution in [-0.2, 0) is 28.6 Å². The molecule has 0 aromatic carbocycles. The number of carbonyl (C=O) groups excluding carboxylic acids is 3. The van der Waals surface area contributed by atoms with Gasteiger partial charge in [0, 0.05) is 19.3 Å². The van der Waals surface area contributed by atoms with Gasteiger partial charge in [0.1, 0.15) is 13.2 Å². The Hall–Kier alpha value is -3.41. The number of ether oxygens (including phenoxy) is 3. The van der Waals surface area contributed by atoms with Crippen molar-refractivity contribution in [3.63, 3.8) is 0 Å². The molecule has 0 aliphatic carbocycles. The molecule has 76 heavy (non-hydrogen) atoms. The molecule has 0 saturated carbocycles. The molecular formula is C70H122O6. The lowest BCUT2D eigenvalue weighted by Gasteiger charge is -2.18. The quantitative estimate of drug-likeness (QED) is 0.0261. The summed E-state index contributed by atoms with van der Waals surface area (Å²) in [5, 5.41) is 0. The van der Waals surface area contributed by atoms with E-state index in [4.69, 9.17) is 14.2 Å². The van der Waals surface area contributed by atoms with Gasteiger partial charge in [-0.05, 0) is 89.9 Å². The van der Waals surface area contributed by atoms with Crippen LogP contribution in [0.25, 0.3) is 0 Å². The molecule has 0 saturated heterocycles. The molecule has 0 fully saturated rings. The average Bonchev–Trinajstić information content (AvgIpc) is 3.42. The Kier molecular flexibility index (Phi) is 61.2. The number of hydrogen-bond donors (Lipinski definition) is 0. The number of carbonyl (C=O) groups is 3. The van der Waals surface area contributed by atoms with Crippen molar-refractivity contribution in [2.45, 2.75) is 329 Å². The van der Waals surface area contributed by atoms with Gasteiger partial charge in [0.2, 0.25) is 0 Å². The summed E-state index contributed by atoms with van der Waals surface area (Å²) in [6.07, 6.45) is 84.6. The van der Waals surface area contributed by atoms with Crippen LogP contribution in [0.15, 0.2) is 85.1 Å². The Morgan fingerprint density at radius 2 is 0.526 bits per heavy atom. The van der Waals surface area contributed by atoms with Crippen molar-refractivity contribution < 1.29 is 28.6 Å². The van der Waals surface area contributed by atoms with Crippen molar-refractivity contribution in [1.82, 2.24) is 0 Å². The topological polar surface area (TPSA) is 78.9 Å². The second kappa shape index (κ2) is 64.1. The maximum Gasteiger partial charge on any atom is 0.306 e. The van der Waals surface area contributed by atoms with Crippen LogP contribution >= 0.6 is 0 Å². The summed E-state index contributed by atoms with van der Waals surface area (Å²) in [4.78, 5) is 38.3. The third-order valence-electron chi connectivity index (χ3n) is 14.1. The number of allylic oxidation sites excluding steroid dienone is 14. The first-order valence-corrected chi connectivity index (χ1v) is 32.6. The first kappa shape index (κ1) is 72.6. The third kappa shape index (κ3) is 61.4. The van der Waals surface area contributed by atoms with Crippen LogP contribution in [0.3, 0.4) is 0 Å². The Balaban J connectivity index is 4.30. The molecule has 0 spiro atoms. The summed E-state index contributed by atoms with van der Waals surface area (Å²) in [6, 6.07) is 0. The van der Waals surface area contributed by atoms with E-state index >= 15 is 0 Å². The summed E-state index contributed by atoms with van der Waals surface area (Å²) in [6.45, 7) is 6.50. The Bertz CT molecular complexity index is 1450. The van der Waals surface area contributed by atoms with Crippen molar-refractivity contribution in [2.75, 3.05) is 13.2 Å². The summed E-state index contributed by atoms with van der Waals surface area (Å²) in [5.41, 5.74) is 0. The molecule has 6 nitrogen and oxygen atoms in total. The van der Waals surface area contributed by atoms with Gasteiger partial charge in [-0.25, -0.2) is 0 Å². The number of hydrogen-bond acceptors (Lipinski definition) is 6. The molecule has 0 bridgehead atoms. The zero-order chi connectivity index (χ0) is 55.0. The van der Waals surface area contributed by atoms with Gasteiger partial charge in [-0.1, -0.05) is 298 Å². The highest BCUT2D eigenvalue weighted by Gasteiger charge is 2.19. The largest absolute Gasteiger partial charge is 0.462 e. The van der Waals surface area contributed by atoms with E-state index in [1.165, 1.54) is 167 Å². The van der Waals surface area contributed by atoms with E-state index in [0.29, 0.717) is 19.3 Å². The summed E-state index contributed by atoms with van der Waals surface area (Å²) in [7, 11) is 0. The minimum atomic E-state index is -0.793. The zero-order valence-corrected chi connectivity index (χ0v) is 50.3. The van der Waals surface area contributed by atoms with E-state index in [1.54, 1.807) is 0 Å². The lowest BCUT2D eigenvalue weighted by Crippen LogP contribution is -2.30. The Morgan fingerprint density at radius 3 is 0.855 bits per heavy atom. The summed E-state index contributed by atoms with van der Waals surface area (Å²) in [5.74, 6) is -0.910. The first-order valence-electron chi connectivity index (χ1n) is 32.6. The molecule has 0 heterocycles. The van der Waals surface area contributed by atoms with E-state index in [9.17, 15) is 14.4 Å². The van der Waals surface area contributed by atoms with Gasteiger partial charge < -0.3 is 14.2 Å². The highest BCUT2D eigenvalue weighted by atomic mass is 16.6. The van der Waals surface area contributed by atoms with Crippen LogP contribution in [0, 0.1) is 0 Å². The Labute approximate surface area is 471 Å². The molecule has 438 valence electrons. The zero-order valence-electron chi connectivity index (χ0n) is 50.3. The molecule has 0 aromatic rings. The predicted octanol–water partition coefficient (Wildman–Crippen LogP) is 22.3. The second-order valence-corrected chi connectivity index (χ2v) is 21.6. The van der Waals surface area contributed by atoms with Crippen molar-refractivity contribution in [1.29, 1.82) is 0 Å². The molecule has 0 N–H and O–H groups in total. The molecule has 0 rings (SSSR count). The van der Waals surface area contributed by atoms with Crippen LogP contribution in [0.2, 0.25) is 0 Å². The summed E-state index contributed by atoms with van der Waals surface area (Å²) < 4.78 is 16.9. The molecule has 0 aliphatic rings. The van der Waals surface area contributed by atoms with Crippen molar-refractivity contribution in [3.05, 3.63) is 85.1 Å². The van der Waals surface area contributed by atoms with Gasteiger partial charge in [0.05, 0.1) is 0 Å². The first-order chi connectivity index (χ1) is 37.5. The fourth-order valence-corrected chi connectivity index (χ4v) is 9.25. The Morgan fingerprint density at radius 1 is 0.276 bits per heavy atom. The maximum absolute atomic E-state index is 12.9. The number of unbranched alkanes of at least 4 members (excludes halogenated alkanes) is 34. The minimum Gasteiger partial charge on any atom is -0.462 e. The van der Waals surface area contributed by atoms with Crippen LogP contribution in [-0.4, -0.2) is 37.2 Å². The fraction of sp³-hybridized carbons (Fsp3) is 0.757. The molecule has 1 unspecified atom stereocenters.